The lowest BCUT2D eigenvalue weighted by atomic mass is 10.2. The molecule has 32 heavy (non-hydrogen) atoms. The average molecular weight is 454 g/mol. The highest BCUT2D eigenvalue weighted by molar-refractivity contribution is 8.15. The fourth-order valence-corrected chi connectivity index (χ4v) is 4.21. The number of benzene rings is 2. The van der Waals surface area contributed by atoms with Gasteiger partial charge in [-0.3, -0.25) is 14.5 Å². The molecule has 0 bridgehead atoms. The Labute approximate surface area is 192 Å². The number of rotatable bonds is 10. The molecular formula is C24H27N3O4S. The van der Waals surface area contributed by atoms with Crippen LogP contribution in [0.5, 0.6) is 11.5 Å². The van der Waals surface area contributed by atoms with Crippen LogP contribution in [0.3, 0.4) is 0 Å². The predicted molar refractivity (Wildman–Crippen MR) is 129 cm³/mol. The number of amides is 2. The van der Waals surface area contributed by atoms with Gasteiger partial charge >= 0.3 is 0 Å². The van der Waals surface area contributed by atoms with Gasteiger partial charge in [-0.15, -0.1) is 6.58 Å². The number of ether oxygens (including phenoxy) is 2. The summed E-state index contributed by atoms with van der Waals surface area (Å²) < 4.78 is 10.8. The van der Waals surface area contributed by atoms with Crippen LogP contribution in [0.4, 0.5) is 11.4 Å². The van der Waals surface area contributed by atoms with Gasteiger partial charge in [-0.25, -0.2) is 4.99 Å². The summed E-state index contributed by atoms with van der Waals surface area (Å²) in [7, 11) is 1.59. The van der Waals surface area contributed by atoms with Crippen molar-refractivity contribution in [3.8, 4) is 11.5 Å². The third kappa shape index (κ3) is 6.13. The summed E-state index contributed by atoms with van der Waals surface area (Å²) in [5.41, 5.74) is 1.33. The van der Waals surface area contributed by atoms with Gasteiger partial charge in [0.2, 0.25) is 11.8 Å². The van der Waals surface area contributed by atoms with Crippen molar-refractivity contribution in [2.45, 2.75) is 25.0 Å². The summed E-state index contributed by atoms with van der Waals surface area (Å²) >= 11 is 1.28. The summed E-state index contributed by atoms with van der Waals surface area (Å²) in [4.78, 5) is 31.6. The lowest BCUT2D eigenvalue weighted by Gasteiger charge is -2.14. The Morgan fingerprint density at radius 3 is 2.72 bits per heavy atom. The van der Waals surface area contributed by atoms with Crippen LogP contribution in [-0.4, -0.2) is 47.4 Å². The SMILES string of the molecule is C=CCN1C(=O)[C@@H](CC(=O)Nc2ccc(OCCC)cc2)SC1=Nc1cccc(OC)c1. The van der Waals surface area contributed by atoms with Gasteiger partial charge in [0, 0.05) is 24.7 Å². The number of nitrogens with one attached hydrogen (secondary N) is 1. The standard InChI is InChI=1S/C24H27N3O4S/c1-4-13-27-23(29)21(32-24(27)26-18-7-6-8-20(15-18)30-3)16-22(28)25-17-9-11-19(12-10-17)31-14-5-2/h4,6-12,15,21H,1,5,13-14,16H2,2-3H3,(H,25,28)/t21-/m1/s1. The molecule has 0 aromatic heterocycles. The first-order chi connectivity index (χ1) is 15.5. The fraction of sp³-hybridized carbons (Fsp3) is 0.292. The zero-order chi connectivity index (χ0) is 22.9. The molecule has 1 atom stereocenters. The van der Waals surface area contributed by atoms with Gasteiger partial charge < -0.3 is 14.8 Å². The number of hydrogen-bond acceptors (Lipinski definition) is 6. The van der Waals surface area contributed by atoms with E-state index in [1.807, 2.05) is 37.3 Å². The Balaban J connectivity index is 1.67. The van der Waals surface area contributed by atoms with E-state index in [0.717, 1.165) is 12.2 Å². The first kappa shape index (κ1) is 23.4. The van der Waals surface area contributed by atoms with Gasteiger partial charge in [0.15, 0.2) is 5.17 Å². The van der Waals surface area contributed by atoms with Gasteiger partial charge in [0.1, 0.15) is 16.7 Å². The van der Waals surface area contributed by atoms with E-state index in [-0.39, 0.29) is 18.2 Å². The Kier molecular flexibility index (Phi) is 8.33. The molecule has 2 aromatic carbocycles. The van der Waals surface area contributed by atoms with Gasteiger partial charge in [-0.2, -0.15) is 0 Å². The lowest BCUT2D eigenvalue weighted by Crippen LogP contribution is -2.33. The number of carbonyl (C=O) groups excluding carboxylic acids is 2. The van der Waals surface area contributed by atoms with E-state index in [4.69, 9.17) is 9.47 Å². The van der Waals surface area contributed by atoms with E-state index in [0.29, 0.717) is 35.4 Å². The number of aliphatic imine (C=N–C) groups is 1. The minimum atomic E-state index is -0.550. The molecule has 2 aromatic rings. The summed E-state index contributed by atoms with van der Waals surface area (Å²) in [6.45, 7) is 6.74. The quantitative estimate of drug-likeness (QED) is 0.531. The van der Waals surface area contributed by atoms with Crippen LogP contribution in [0, 0.1) is 0 Å². The molecule has 3 rings (SSSR count). The molecule has 8 heteroatoms. The van der Waals surface area contributed by atoms with Crippen molar-refractivity contribution in [1.29, 1.82) is 0 Å². The predicted octanol–water partition coefficient (Wildman–Crippen LogP) is 4.63. The summed E-state index contributed by atoms with van der Waals surface area (Å²) in [6.07, 6.45) is 2.62. The van der Waals surface area contributed by atoms with Gasteiger partial charge in [-0.05, 0) is 42.8 Å². The maximum atomic E-state index is 12.9. The first-order valence-corrected chi connectivity index (χ1v) is 11.3. The maximum Gasteiger partial charge on any atom is 0.242 e. The zero-order valence-corrected chi connectivity index (χ0v) is 19.1. The number of carbonyl (C=O) groups is 2. The van der Waals surface area contributed by atoms with Gasteiger partial charge in [-0.1, -0.05) is 30.8 Å². The number of thioether (sulfide) groups is 1. The van der Waals surface area contributed by atoms with Crippen LogP contribution < -0.4 is 14.8 Å². The Hall–Kier alpha value is -3.26. The minimum Gasteiger partial charge on any atom is -0.497 e. The molecular weight excluding hydrogens is 426 g/mol. The fourth-order valence-electron chi connectivity index (χ4n) is 3.05. The molecule has 2 amide bonds. The summed E-state index contributed by atoms with van der Waals surface area (Å²) in [6, 6.07) is 14.5. The van der Waals surface area contributed by atoms with E-state index >= 15 is 0 Å². The molecule has 1 N–H and O–H groups in total. The van der Waals surface area contributed by atoms with E-state index in [2.05, 4.69) is 16.9 Å². The molecule has 0 radical (unpaired) electrons. The number of nitrogens with zero attached hydrogens (tertiary/aromatic N) is 2. The first-order valence-electron chi connectivity index (χ1n) is 10.4. The highest BCUT2D eigenvalue weighted by Gasteiger charge is 2.38. The number of methoxy groups -OCH3 is 1. The van der Waals surface area contributed by atoms with Crippen LogP contribution in [0.15, 0.2) is 66.2 Å². The van der Waals surface area contributed by atoms with Gasteiger partial charge in [0.25, 0.3) is 0 Å². The highest BCUT2D eigenvalue weighted by atomic mass is 32.2. The second-order valence-corrected chi connectivity index (χ2v) is 8.23. The van der Waals surface area contributed by atoms with Crippen molar-refractivity contribution >= 4 is 40.1 Å². The highest BCUT2D eigenvalue weighted by Crippen LogP contribution is 2.32. The number of anilines is 1. The molecule has 0 unspecified atom stereocenters. The monoisotopic (exact) mass is 453 g/mol. The van der Waals surface area contributed by atoms with Crippen molar-refractivity contribution in [3.05, 3.63) is 61.2 Å². The Morgan fingerprint density at radius 1 is 1.25 bits per heavy atom. The minimum absolute atomic E-state index is 0.0440. The molecule has 1 saturated heterocycles. The smallest absolute Gasteiger partial charge is 0.242 e. The molecule has 1 heterocycles. The second kappa shape index (κ2) is 11.4. The van der Waals surface area contributed by atoms with Crippen molar-refractivity contribution in [2.24, 2.45) is 4.99 Å². The van der Waals surface area contributed by atoms with Crippen LogP contribution in [0.25, 0.3) is 0 Å². The van der Waals surface area contributed by atoms with E-state index < -0.39 is 5.25 Å². The molecule has 0 saturated carbocycles. The Morgan fingerprint density at radius 2 is 2.03 bits per heavy atom. The van der Waals surface area contributed by atoms with Crippen LogP contribution in [-0.2, 0) is 9.59 Å². The van der Waals surface area contributed by atoms with Crippen molar-refractivity contribution in [1.82, 2.24) is 4.90 Å². The van der Waals surface area contributed by atoms with Crippen LogP contribution in [0.2, 0.25) is 0 Å². The summed E-state index contributed by atoms with van der Waals surface area (Å²) in [5.74, 6) is 1.04. The topological polar surface area (TPSA) is 80.2 Å². The average Bonchev–Trinajstić information content (AvgIpc) is 3.07. The molecule has 1 aliphatic heterocycles. The van der Waals surface area contributed by atoms with Crippen molar-refractivity contribution < 1.29 is 19.1 Å². The van der Waals surface area contributed by atoms with Crippen LogP contribution in [0.1, 0.15) is 19.8 Å². The second-order valence-electron chi connectivity index (χ2n) is 7.07. The number of hydrogen-bond donors (Lipinski definition) is 1. The number of amidine groups is 1. The normalized spacial score (nSPS) is 16.8. The molecule has 0 spiro atoms. The van der Waals surface area contributed by atoms with Crippen molar-refractivity contribution in [2.75, 3.05) is 25.6 Å². The molecule has 168 valence electrons. The van der Waals surface area contributed by atoms with E-state index in [1.165, 1.54) is 11.8 Å². The third-order valence-electron chi connectivity index (χ3n) is 4.59. The molecule has 7 nitrogen and oxygen atoms in total. The molecule has 1 fully saturated rings. The van der Waals surface area contributed by atoms with E-state index in [1.54, 1.807) is 36.3 Å². The lowest BCUT2D eigenvalue weighted by molar-refractivity contribution is -0.127. The largest absolute Gasteiger partial charge is 0.497 e. The zero-order valence-electron chi connectivity index (χ0n) is 18.2. The molecule has 1 aliphatic rings. The third-order valence-corrected chi connectivity index (χ3v) is 5.77. The van der Waals surface area contributed by atoms with E-state index in [9.17, 15) is 9.59 Å². The maximum absolute atomic E-state index is 12.9. The van der Waals surface area contributed by atoms with Gasteiger partial charge in [0.05, 0.1) is 19.4 Å². The van der Waals surface area contributed by atoms with Crippen LogP contribution >= 0.6 is 11.8 Å². The summed E-state index contributed by atoms with van der Waals surface area (Å²) in [5, 5.41) is 2.83. The molecule has 0 aliphatic carbocycles. The Bertz CT molecular complexity index is 991. The van der Waals surface area contributed by atoms with Crippen molar-refractivity contribution in [3.63, 3.8) is 0 Å².